The largest absolute Gasteiger partial charge is 0.338 e. The Kier molecular flexibility index (Phi) is 6.39. The van der Waals surface area contributed by atoms with Crippen molar-refractivity contribution in [2.24, 2.45) is 0 Å². The number of carbonyl (C=O) groups is 1. The second-order valence-corrected chi connectivity index (χ2v) is 5.17. The van der Waals surface area contributed by atoms with E-state index in [1.54, 1.807) is 12.3 Å². The van der Waals surface area contributed by atoms with E-state index < -0.39 is 0 Å². The highest BCUT2D eigenvalue weighted by Gasteiger charge is 2.03. The summed E-state index contributed by atoms with van der Waals surface area (Å²) in [5.74, 6) is 0.557. The molecule has 0 atom stereocenters. The van der Waals surface area contributed by atoms with Crippen molar-refractivity contribution in [3.63, 3.8) is 0 Å². The van der Waals surface area contributed by atoms with Crippen molar-refractivity contribution in [3.8, 4) is 0 Å². The average molecular weight is 298 g/mol. The number of pyridine rings is 1. The SMILES string of the molecule is CN(CCCNC(=O)Nc1ccccn1)Cc1ccccc1. The number of hydrogen-bond donors (Lipinski definition) is 2. The molecule has 0 fully saturated rings. The van der Waals surface area contributed by atoms with Gasteiger partial charge < -0.3 is 10.2 Å². The summed E-state index contributed by atoms with van der Waals surface area (Å²) >= 11 is 0. The van der Waals surface area contributed by atoms with Crippen molar-refractivity contribution in [1.82, 2.24) is 15.2 Å². The quantitative estimate of drug-likeness (QED) is 0.773. The van der Waals surface area contributed by atoms with Gasteiger partial charge in [0.1, 0.15) is 5.82 Å². The second kappa shape index (κ2) is 8.79. The van der Waals surface area contributed by atoms with Crippen LogP contribution in [0, 0.1) is 0 Å². The molecule has 5 heteroatoms. The van der Waals surface area contributed by atoms with Crippen molar-refractivity contribution in [3.05, 3.63) is 60.3 Å². The predicted molar refractivity (Wildman–Crippen MR) is 88.7 cm³/mol. The zero-order chi connectivity index (χ0) is 15.6. The van der Waals surface area contributed by atoms with Crippen LogP contribution in [0.1, 0.15) is 12.0 Å². The van der Waals surface area contributed by atoms with E-state index in [2.05, 4.69) is 39.7 Å². The van der Waals surface area contributed by atoms with Gasteiger partial charge in [0.05, 0.1) is 0 Å². The molecule has 0 spiro atoms. The van der Waals surface area contributed by atoms with Gasteiger partial charge in [0, 0.05) is 19.3 Å². The van der Waals surface area contributed by atoms with Gasteiger partial charge in [-0.15, -0.1) is 0 Å². The van der Waals surface area contributed by atoms with Crippen LogP contribution in [0.15, 0.2) is 54.7 Å². The Bertz CT molecular complexity index is 559. The molecule has 0 unspecified atom stereocenters. The van der Waals surface area contributed by atoms with Crippen molar-refractivity contribution >= 4 is 11.8 Å². The lowest BCUT2D eigenvalue weighted by Gasteiger charge is -2.16. The fraction of sp³-hybridized carbons (Fsp3) is 0.294. The lowest BCUT2D eigenvalue weighted by atomic mass is 10.2. The average Bonchev–Trinajstić information content (AvgIpc) is 2.53. The van der Waals surface area contributed by atoms with Crippen LogP contribution >= 0.6 is 0 Å². The van der Waals surface area contributed by atoms with E-state index in [-0.39, 0.29) is 6.03 Å². The van der Waals surface area contributed by atoms with Crippen LogP contribution in [-0.2, 0) is 6.54 Å². The maximum absolute atomic E-state index is 11.7. The molecule has 0 aliphatic carbocycles. The summed E-state index contributed by atoms with van der Waals surface area (Å²) in [5, 5.41) is 5.53. The van der Waals surface area contributed by atoms with Gasteiger partial charge in [0.2, 0.25) is 0 Å². The first-order chi connectivity index (χ1) is 10.7. The van der Waals surface area contributed by atoms with E-state index in [0.29, 0.717) is 12.4 Å². The Hall–Kier alpha value is -2.40. The summed E-state index contributed by atoms with van der Waals surface area (Å²) < 4.78 is 0. The number of amides is 2. The lowest BCUT2D eigenvalue weighted by Crippen LogP contribution is -2.31. The van der Waals surface area contributed by atoms with Crippen LogP contribution in [-0.4, -0.2) is 36.1 Å². The minimum atomic E-state index is -0.218. The first-order valence-electron chi connectivity index (χ1n) is 7.42. The molecule has 5 nitrogen and oxygen atoms in total. The van der Waals surface area contributed by atoms with Gasteiger partial charge in [-0.1, -0.05) is 36.4 Å². The van der Waals surface area contributed by atoms with E-state index in [0.717, 1.165) is 19.5 Å². The molecule has 1 aromatic carbocycles. The van der Waals surface area contributed by atoms with Crippen LogP contribution < -0.4 is 10.6 Å². The first kappa shape index (κ1) is 16.0. The van der Waals surface area contributed by atoms with Gasteiger partial charge in [-0.25, -0.2) is 9.78 Å². The van der Waals surface area contributed by atoms with Gasteiger partial charge >= 0.3 is 6.03 Å². The molecule has 1 aromatic heterocycles. The predicted octanol–water partition coefficient (Wildman–Crippen LogP) is 2.73. The summed E-state index contributed by atoms with van der Waals surface area (Å²) in [6, 6.07) is 15.5. The summed E-state index contributed by atoms with van der Waals surface area (Å²) in [4.78, 5) is 18.0. The standard InChI is InChI=1S/C17H22N4O/c1-21(14-15-8-3-2-4-9-15)13-7-12-19-17(22)20-16-10-5-6-11-18-16/h2-6,8-11H,7,12-14H2,1H3,(H2,18,19,20,22). The number of rotatable bonds is 7. The molecule has 116 valence electrons. The van der Waals surface area contributed by atoms with E-state index in [4.69, 9.17) is 0 Å². The molecular formula is C17H22N4O. The number of nitrogens with one attached hydrogen (secondary N) is 2. The summed E-state index contributed by atoms with van der Waals surface area (Å²) in [5.41, 5.74) is 1.30. The van der Waals surface area contributed by atoms with Gasteiger partial charge in [-0.2, -0.15) is 0 Å². The summed E-state index contributed by atoms with van der Waals surface area (Å²) in [7, 11) is 2.08. The molecule has 2 aromatic rings. The minimum absolute atomic E-state index is 0.218. The molecule has 0 bridgehead atoms. The van der Waals surface area contributed by atoms with E-state index in [9.17, 15) is 4.79 Å². The van der Waals surface area contributed by atoms with Gasteiger partial charge in [0.25, 0.3) is 0 Å². The molecule has 0 saturated carbocycles. The van der Waals surface area contributed by atoms with Crippen molar-refractivity contribution < 1.29 is 4.79 Å². The molecule has 0 radical (unpaired) electrons. The van der Waals surface area contributed by atoms with Crippen LogP contribution in [0.25, 0.3) is 0 Å². The third kappa shape index (κ3) is 5.93. The number of nitrogens with zero attached hydrogens (tertiary/aromatic N) is 2. The molecule has 0 aliphatic heterocycles. The number of hydrogen-bond acceptors (Lipinski definition) is 3. The van der Waals surface area contributed by atoms with Gasteiger partial charge in [0.15, 0.2) is 0 Å². The molecular weight excluding hydrogens is 276 g/mol. The minimum Gasteiger partial charge on any atom is -0.338 e. The zero-order valence-electron chi connectivity index (χ0n) is 12.8. The number of urea groups is 1. The van der Waals surface area contributed by atoms with Crippen LogP contribution in [0.2, 0.25) is 0 Å². The zero-order valence-corrected chi connectivity index (χ0v) is 12.8. The van der Waals surface area contributed by atoms with Crippen molar-refractivity contribution in [2.45, 2.75) is 13.0 Å². The van der Waals surface area contributed by atoms with Crippen LogP contribution in [0.5, 0.6) is 0 Å². The molecule has 1 heterocycles. The van der Waals surface area contributed by atoms with E-state index in [1.807, 2.05) is 30.3 Å². The Labute approximate surface area is 131 Å². The number of anilines is 1. The van der Waals surface area contributed by atoms with Crippen LogP contribution in [0.3, 0.4) is 0 Å². The van der Waals surface area contributed by atoms with Gasteiger partial charge in [-0.05, 0) is 37.7 Å². The Balaban J connectivity index is 1.59. The molecule has 0 saturated heterocycles. The highest BCUT2D eigenvalue weighted by atomic mass is 16.2. The number of carbonyl (C=O) groups excluding carboxylic acids is 1. The highest BCUT2D eigenvalue weighted by Crippen LogP contribution is 2.03. The Morgan fingerprint density at radius 3 is 2.64 bits per heavy atom. The fourth-order valence-electron chi connectivity index (χ4n) is 2.12. The Morgan fingerprint density at radius 1 is 1.14 bits per heavy atom. The second-order valence-electron chi connectivity index (χ2n) is 5.17. The molecule has 22 heavy (non-hydrogen) atoms. The maximum Gasteiger partial charge on any atom is 0.320 e. The molecule has 2 N–H and O–H groups in total. The third-order valence-corrected chi connectivity index (χ3v) is 3.20. The topological polar surface area (TPSA) is 57.3 Å². The Morgan fingerprint density at radius 2 is 1.91 bits per heavy atom. The third-order valence-electron chi connectivity index (χ3n) is 3.20. The van der Waals surface area contributed by atoms with Crippen LogP contribution in [0.4, 0.5) is 10.6 Å². The normalized spacial score (nSPS) is 10.5. The summed E-state index contributed by atoms with van der Waals surface area (Å²) in [6.07, 6.45) is 2.55. The lowest BCUT2D eigenvalue weighted by molar-refractivity contribution is 0.250. The van der Waals surface area contributed by atoms with Gasteiger partial charge in [-0.3, -0.25) is 5.32 Å². The number of benzene rings is 1. The first-order valence-corrected chi connectivity index (χ1v) is 7.42. The van der Waals surface area contributed by atoms with E-state index in [1.165, 1.54) is 5.56 Å². The maximum atomic E-state index is 11.7. The van der Waals surface area contributed by atoms with Crippen molar-refractivity contribution in [2.75, 3.05) is 25.5 Å². The molecule has 0 aliphatic rings. The van der Waals surface area contributed by atoms with Crippen molar-refractivity contribution in [1.29, 1.82) is 0 Å². The molecule has 2 amide bonds. The number of aromatic nitrogens is 1. The fourth-order valence-corrected chi connectivity index (χ4v) is 2.12. The monoisotopic (exact) mass is 298 g/mol. The smallest absolute Gasteiger partial charge is 0.320 e. The summed E-state index contributed by atoms with van der Waals surface area (Å²) in [6.45, 7) is 2.48. The van der Waals surface area contributed by atoms with E-state index >= 15 is 0 Å². The molecule has 2 rings (SSSR count). The highest BCUT2D eigenvalue weighted by molar-refractivity contribution is 5.88.